The highest BCUT2D eigenvalue weighted by Crippen LogP contribution is 2.02. The van der Waals surface area contributed by atoms with Crippen LogP contribution in [0.3, 0.4) is 0 Å². The van der Waals surface area contributed by atoms with E-state index in [0.717, 1.165) is 5.82 Å². The third kappa shape index (κ3) is 2.96. The fourth-order valence-electron chi connectivity index (χ4n) is 1.22. The molecule has 0 aliphatic rings. The van der Waals surface area contributed by atoms with E-state index in [0.29, 0.717) is 12.8 Å². The standard InChI is InChI=1S/C10H16N2O2/c1-8(14-3)6-9(13)7-10-11-4-5-12(10)2/h4-5,8H,6-7H2,1-3H3. The van der Waals surface area contributed by atoms with Crippen molar-refractivity contribution in [2.24, 2.45) is 7.05 Å². The third-order valence-electron chi connectivity index (χ3n) is 2.19. The summed E-state index contributed by atoms with van der Waals surface area (Å²) in [6.45, 7) is 1.89. The molecule has 1 aromatic heterocycles. The maximum absolute atomic E-state index is 11.5. The van der Waals surface area contributed by atoms with Crippen LogP contribution in [0.1, 0.15) is 19.2 Å². The van der Waals surface area contributed by atoms with Crippen LogP contribution in [0.5, 0.6) is 0 Å². The molecule has 1 rings (SSSR count). The quantitative estimate of drug-likeness (QED) is 0.704. The summed E-state index contributed by atoms with van der Waals surface area (Å²) in [6, 6.07) is 0. The van der Waals surface area contributed by atoms with Crippen molar-refractivity contribution in [2.45, 2.75) is 25.9 Å². The third-order valence-corrected chi connectivity index (χ3v) is 2.19. The van der Waals surface area contributed by atoms with Crippen LogP contribution < -0.4 is 0 Å². The van der Waals surface area contributed by atoms with E-state index in [-0.39, 0.29) is 11.9 Å². The molecule has 1 unspecified atom stereocenters. The minimum atomic E-state index is -0.0113. The van der Waals surface area contributed by atoms with E-state index in [9.17, 15) is 4.79 Å². The van der Waals surface area contributed by atoms with Crippen LogP contribution in [0, 0.1) is 0 Å². The Bertz CT molecular complexity index is 307. The largest absolute Gasteiger partial charge is 0.381 e. The van der Waals surface area contributed by atoms with Gasteiger partial charge in [0.1, 0.15) is 11.6 Å². The summed E-state index contributed by atoms with van der Waals surface area (Å²) in [5, 5.41) is 0. The molecule has 0 fully saturated rings. The molecule has 0 spiro atoms. The van der Waals surface area contributed by atoms with E-state index >= 15 is 0 Å². The van der Waals surface area contributed by atoms with Crippen LogP contribution in [0.25, 0.3) is 0 Å². The molecule has 4 nitrogen and oxygen atoms in total. The highest BCUT2D eigenvalue weighted by molar-refractivity contribution is 5.80. The highest BCUT2D eigenvalue weighted by Gasteiger charge is 2.11. The molecule has 4 heteroatoms. The molecule has 1 heterocycles. The van der Waals surface area contributed by atoms with Crippen LogP contribution in [-0.2, 0) is 23.0 Å². The molecular formula is C10H16N2O2. The number of aromatic nitrogens is 2. The van der Waals surface area contributed by atoms with Gasteiger partial charge in [-0.3, -0.25) is 4.79 Å². The Balaban J connectivity index is 2.45. The van der Waals surface area contributed by atoms with E-state index in [1.165, 1.54) is 0 Å². The van der Waals surface area contributed by atoms with Gasteiger partial charge in [0, 0.05) is 33.0 Å². The number of carbonyl (C=O) groups is 1. The lowest BCUT2D eigenvalue weighted by Crippen LogP contribution is -2.15. The first kappa shape index (κ1) is 10.9. The number of rotatable bonds is 5. The lowest BCUT2D eigenvalue weighted by atomic mass is 10.1. The summed E-state index contributed by atoms with van der Waals surface area (Å²) in [7, 11) is 3.49. The summed E-state index contributed by atoms with van der Waals surface area (Å²) in [6.07, 6.45) is 4.36. The average Bonchev–Trinajstić information content (AvgIpc) is 2.51. The zero-order valence-corrected chi connectivity index (χ0v) is 8.86. The number of ether oxygens (including phenoxy) is 1. The molecule has 14 heavy (non-hydrogen) atoms. The molecule has 0 saturated heterocycles. The summed E-state index contributed by atoms with van der Waals surface area (Å²) >= 11 is 0. The van der Waals surface area contributed by atoms with Crippen molar-refractivity contribution >= 4 is 5.78 Å². The Morgan fingerprint density at radius 3 is 2.93 bits per heavy atom. The van der Waals surface area contributed by atoms with Crippen LogP contribution in [0.15, 0.2) is 12.4 Å². The van der Waals surface area contributed by atoms with Gasteiger partial charge in [0.15, 0.2) is 0 Å². The molecule has 0 saturated carbocycles. The predicted molar refractivity (Wildman–Crippen MR) is 53.0 cm³/mol. The Hall–Kier alpha value is -1.16. The maximum Gasteiger partial charge on any atom is 0.142 e. The van der Waals surface area contributed by atoms with E-state index in [2.05, 4.69) is 4.98 Å². The van der Waals surface area contributed by atoms with Crippen molar-refractivity contribution in [3.8, 4) is 0 Å². The number of Topliss-reactive ketones (excluding diaryl/α,β-unsaturated/α-hetero) is 1. The van der Waals surface area contributed by atoms with Crippen molar-refractivity contribution in [1.29, 1.82) is 0 Å². The number of methoxy groups -OCH3 is 1. The molecule has 0 aliphatic heterocycles. The molecular weight excluding hydrogens is 180 g/mol. The number of carbonyl (C=O) groups excluding carboxylic acids is 1. The zero-order chi connectivity index (χ0) is 10.6. The van der Waals surface area contributed by atoms with Crippen LogP contribution in [0.2, 0.25) is 0 Å². The summed E-state index contributed by atoms with van der Waals surface area (Å²) in [5.74, 6) is 0.965. The predicted octanol–water partition coefficient (Wildman–Crippen LogP) is 0.957. The Morgan fingerprint density at radius 1 is 1.71 bits per heavy atom. The monoisotopic (exact) mass is 196 g/mol. The fraction of sp³-hybridized carbons (Fsp3) is 0.600. The number of hydrogen-bond acceptors (Lipinski definition) is 3. The lowest BCUT2D eigenvalue weighted by Gasteiger charge is -2.07. The van der Waals surface area contributed by atoms with Crippen LogP contribution in [-0.4, -0.2) is 28.5 Å². The van der Waals surface area contributed by atoms with Gasteiger partial charge in [-0.05, 0) is 6.92 Å². The molecule has 78 valence electrons. The first-order valence-corrected chi connectivity index (χ1v) is 4.64. The van der Waals surface area contributed by atoms with Gasteiger partial charge in [-0.2, -0.15) is 0 Å². The van der Waals surface area contributed by atoms with Crippen LogP contribution >= 0.6 is 0 Å². The summed E-state index contributed by atoms with van der Waals surface area (Å²) in [4.78, 5) is 15.6. The van der Waals surface area contributed by atoms with Crippen molar-refractivity contribution in [1.82, 2.24) is 9.55 Å². The summed E-state index contributed by atoms with van der Waals surface area (Å²) < 4.78 is 6.88. The van der Waals surface area contributed by atoms with E-state index in [4.69, 9.17) is 4.74 Å². The lowest BCUT2D eigenvalue weighted by molar-refractivity contribution is -0.120. The topological polar surface area (TPSA) is 44.1 Å². The van der Waals surface area contributed by atoms with Gasteiger partial charge in [0.05, 0.1) is 12.5 Å². The van der Waals surface area contributed by atoms with Crippen molar-refractivity contribution in [2.75, 3.05) is 7.11 Å². The smallest absolute Gasteiger partial charge is 0.142 e. The second kappa shape index (κ2) is 4.91. The molecule has 0 aliphatic carbocycles. The average molecular weight is 196 g/mol. The van der Waals surface area contributed by atoms with E-state index in [1.54, 1.807) is 13.3 Å². The van der Waals surface area contributed by atoms with Crippen molar-refractivity contribution in [3.05, 3.63) is 18.2 Å². The molecule has 0 N–H and O–H groups in total. The Labute approximate surface area is 83.9 Å². The molecule has 0 bridgehead atoms. The fourth-order valence-corrected chi connectivity index (χ4v) is 1.22. The van der Waals surface area contributed by atoms with E-state index < -0.39 is 0 Å². The van der Waals surface area contributed by atoms with Gasteiger partial charge in [-0.25, -0.2) is 4.98 Å². The van der Waals surface area contributed by atoms with Gasteiger partial charge < -0.3 is 9.30 Å². The van der Waals surface area contributed by atoms with Gasteiger partial charge in [-0.15, -0.1) is 0 Å². The molecule has 1 atom stereocenters. The van der Waals surface area contributed by atoms with Crippen LogP contribution in [0.4, 0.5) is 0 Å². The normalized spacial score (nSPS) is 12.8. The Morgan fingerprint density at radius 2 is 2.43 bits per heavy atom. The van der Waals surface area contributed by atoms with E-state index in [1.807, 2.05) is 24.7 Å². The highest BCUT2D eigenvalue weighted by atomic mass is 16.5. The minimum Gasteiger partial charge on any atom is -0.381 e. The zero-order valence-electron chi connectivity index (χ0n) is 8.86. The summed E-state index contributed by atoms with van der Waals surface area (Å²) in [5.41, 5.74) is 0. The Kier molecular flexibility index (Phi) is 3.83. The minimum absolute atomic E-state index is 0.0113. The van der Waals surface area contributed by atoms with Gasteiger partial charge in [0.25, 0.3) is 0 Å². The van der Waals surface area contributed by atoms with Crippen molar-refractivity contribution < 1.29 is 9.53 Å². The number of imidazole rings is 1. The number of hydrogen-bond donors (Lipinski definition) is 0. The second-order valence-corrected chi connectivity index (χ2v) is 3.42. The molecule has 1 aromatic rings. The van der Waals surface area contributed by atoms with Gasteiger partial charge >= 0.3 is 0 Å². The number of ketones is 1. The molecule has 0 aromatic carbocycles. The first-order valence-electron chi connectivity index (χ1n) is 4.64. The number of nitrogens with zero attached hydrogens (tertiary/aromatic N) is 2. The maximum atomic E-state index is 11.5. The van der Waals surface area contributed by atoms with Gasteiger partial charge in [0.2, 0.25) is 0 Å². The van der Waals surface area contributed by atoms with Crippen molar-refractivity contribution in [3.63, 3.8) is 0 Å². The van der Waals surface area contributed by atoms with Gasteiger partial charge in [-0.1, -0.05) is 0 Å². The first-order chi connectivity index (χ1) is 6.63. The SMILES string of the molecule is COC(C)CC(=O)Cc1nccn1C. The number of aryl methyl sites for hydroxylation is 1. The molecule has 0 radical (unpaired) electrons. The second-order valence-electron chi connectivity index (χ2n) is 3.42. The molecule has 0 amide bonds.